The van der Waals surface area contributed by atoms with E-state index in [0.29, 0.717) is 11.0 Å². The third-order valence-corrected chi connectivity index (χ3v) is 4.62. The Balaban J connectivity index is 2.27. The van der Waals surface area contributed by atoms with E-state index < -0.39 is 58.7 Å². The standard InChI is InChI=1S/C17H16F3N3O6/c1-23-14-9(12(26)11(16(23)28)15(27)21-5-10(24)25)4-8(7-2-3-29-6-7)13(22-14)17(18,19)20/h4,7,26H,2-3,5-6H2,1H3,(H,21,27)(H,24,25)/p-1. The van der Waals surface area contributed by atoms with Crippen molar-refractivity contribution < 1.29 is 37.7 Å². The van der Waals surface area contributed by atoms with Gasteiger partial charge in [-0.2, -0.15) is 13.2 Å². The van der Waals surface area contributed by atoms with Crippen LogP contribution >= 0.6 is 0 Å². The van der Waals surface area contributed by atoms with E-state index in [9.17, 15) is 37.8 Å². The number of aromatic nitrogens is 2. The van der Waals surface area contributed by atoms with Gasteiger partial charge in [0.1, 0.15) is 22.7 Å². The molecule has 3 heterocycles. The molecule has 3 rings (SSSR count). The van der Waals surface area contributed by atoms with E-state index in [2.05, 4.69) is 4.98 Å². The van der Waals surface area contributed by atoms with Gasteiger partial charge in [0.25, 0.3) is 11.5 Å². The number of halogens is 3. The molecule has 1 atom stereocenters. The molecule has 0 bridgehead atoms. The Morgan fingerprint density at radius 2 is 2.14 bits per heavy atom. The van der Waals surface area contributed by atoms with E-state index in [0.717, 1.165) is 13.1 Å². The lowest BCUT2D eigenvalue weighted by molar-refractivity contribution is -0.303. The fourth-order valence-electron chi connectivity index (χ4n) is 3.21. The van der Waals surface area contributed by atoms with E-state index in [1.54, 1.807) is 0 Å². The number of carboxylic acids is 1. The Morgan fingerprint density at radius 1 is 1.45 bits per heavy atom. The highest BCUT2D eigenvalue weighted by atomic mass is 19.4. The molecule has 1 fully saturated rings. The maximum absolute atomic E-state index is 13.6. The van der Waals surface area contributed by atoms with Gasteiger partial charge in [-0.05, 0) is 18.1 Å². The molecule has 1 unspecified atom stereocenters. The number of nitrogens with zero attached hydrogens (tertiary/aromatic N) is 2. The molecule has 0 spiro atoms. The maximum Gasteiger partial charge on any atom is 0.433 e. The summed E-state index contributed by atoms with van der Waals surface area (Å²) in [6.45, 7) is -0.632. The topological polar surface area (TPSA) is 134 Å². The van der Waals surface area contributed by atoms with Gasteiger partial charge in [-0.25, -0.2) is 4.98 Å². The predicted molar refractivity (Wildman–Crippen MR) is 89.2 cm³/mol. The second kappa shape index (κ2) is 7.35. The van der Waals surface area contributed by atoms with E-state index in [4.69, 9.17) is 4.74 Å². The number of carboxylic acid groups (broad SMARTS) is 1. The van der Waals surface area contributed by atoms with Gasteiger partial charge >= 0.3 is 6.18 Å². The first-order chi connectivity index (χ1) is 13.5. The van der Waals surface area contributed by atoms with Crippen molar-refractivity contribution in [3.05, 3.63) is 33.2 Å². The van der Waals surface area contributed by atoms with Crippen LogP contribution in [-0.2, 0) is 22.8 Å². The third-order valence-electron chi connectivity index (χ3n) is 4.62. The summed E-state index contributed by atoms with van der Waals surface area (Å²) in [6.07, 6.45) is -4.51. The lowest BCUT2D eigenvalue weighted by atomic mass is 9.95. The molecule has 12 heteroatoms. The van der Waals surface area contributed by atoms with Gasteiger partial charge in [0.05, 0.1) is 24.5 Å². The van der Waals surface area contributed by atoms with Crippen LogP contribution in [0.5, 0.6) is 5.75 Å². The van der Waals surface area contributed by atoms with Crippen LogP contribution < -0.4 is 16.0 Å². The maximum atomic E-state index is 13.6. The van der Waals surface area contributed by atoms with Crippen molar-refractivity contribution >= 4 is 22.9 Å². The average molecular weight is 414 g/mol. The Morgan fingerprint density at radius 3 is 2.69 bits per heavy atom. The number of fused-ring (bicyclic) bond motifs is 1. The summed E-state index contributed by atoms with van der Waals surface area (Å²) in [5.74, 6) is -4.36. The van der Waals surface area contributed by atoms with Crippen molar-refractivity contribution in [2.45, 2.75) is 18.5 Å². The summed E-state index contributed by atoms with van der Waals surface area (Å²) in [6, 6.07) is 1.04. The van der Waals surface area contributed by atoms with E-state index in [1.807, 2.05) is 5.32 Å². The first kappa shape index (κ1) is 20.6. The quantitative estimate of drug-likeness (QED) is 0.698. The molecule has 1 aliphatic rings. The second-order valence-electron chi connectivity index (χ2n) is 6.50. The van der Waals surface area contributed by atoms with Crippen molar-refractivity contribution in [1.82, 2.24) is 14.9 Å². The number of alkyl halides is 3. The van der Waals surface area contributed by atoms with Crippen LogP contribution in [0.25, 0.3) is 11.0 Å². The zero-order valence-corrected chi connectivity index (χ0v) is 15.0. The summed E-state index contributed by atoms with van der Waals surface area (Å²) in [5.41, 5.74) is -3.85. The van der Waals surface area contributed by atoms with Crippen LogP contribution in [0.1, 0.15) is 34.0 Å². The third kappa shape index (κ3) is 3.75. The molecule has 9 nitrogen and oxygen atoms in total. The minimum absolute atomic E-state index is 0.0295. The molecule has 1 saturated heterocycles. The molecule has 0 aliphatic carbocycles. The fourth-order valence-corrected chi connectivity index (χ4v) is 3.21. The molecule has 2 N–H and O–H groups in total. The van der Waals surface area contributed by atoms with Crippen molar-refractivity contribution in [2.75, 3.05) is 19.8 Å². The zero-order valence-electron chi connectivity index (χ0n) is 15.0. The number of pyridine rings is 2. The van der Waals surface area contributed by atoms with Crippen LogP contribution in [-0.4, -0.2) is 46.3 Å². The second-order valence-corrected chi connectivity index (χ2v) is 6.50. The number of carbonyl (C=O) groups is 2. The first-order valence-corrected chi connectivity index (χ1v) is 8.42. The number of rotatable bonds is 4. The van der Waals surface area contributed by atoms with Crippen molar-refractivity contribution in [1.29, 1.82) is 0 Å². The van der Waals surface area contributed by atoms with Gasteiger partial charge < -0.3 is 25.1 Å². The van der Waals surface area contributed by atoms with E-state index >= 15 is 0 Å². The number of hydrogen-bond donors (Lipinski definition) is 2. The summed E-state index contributed by atoms with van der Waals surface area (Å²) < 4.78 is 46.5. The number of aliphatic carboxylic acids is 1. The number of nitrogens with one attached hydrogen (secondary N) is 1. The highest BCUT2D eigenvalue weighted by molar-refractivity contribution is 6.02. The molecule has 1 amide bonds. The van der Waals surface area contributed by atoms with Crippen LogP contribution in [0.4, 0.5) is 13.2 Å². The van der Waals surface area contributed by atoms with Gasteiger partial charge in [-0.1, -0.05) is 0 Å². The summed E-state index contributed by atoms with van der Waals surface area (Å²) in [5, 5.41) is 22.6. The van der Waals surface area contributed by atoms with Gasteiger partial charge in [-0.3, -0.25) is 14.2 Å². The van der Waals surface area contributed by atoms with Gasteiger partial charge in [0.15, 0.2) is 0 Å². The minimum atomic E-state index is -4.82. The van der Waals surface area contributed by atoms with Crippen molar-refractivity contribution in [2.24, 2.45) is 7.05 Å². The summed E-state index contributed by atoms with van der Waals surface area (Å²) in [7, 11) is 1.09. The van der Waals surface area contributed by atoms with Crippen LogP contribution in [0.15, 0.2) is 10.9 Å². The smallest absolute Gasteiger partial charge is 0.433 e. The number of aromatic hydroxyl groups is 1. The Kier molecular flexibility index (Phi) is 5.22. The minimum Gasteiger partial charge on any atom is -0.548 e. The lowest BCUT2D eigenvalue weighted by Gasteiger charge is -2.19. The predicted octanol–water partition coefficient (Wildman–Crippen LogP) is -0.359. The molecule has 2 aromatic rings. The molecule has 0 saturated carbocycles. The molecule has 0 radical (unpaired) electrons. The van der Waals surface area contributed by atoms with Crippen LogP contribution in [0, 0.1) is 0 Å². The number of carbonyl (C=O) groups excluding carboxylic acids is 2. The molecular weight excluding hydrogens is 399 g/mol. The van der Waals surface area contributed by atoms with Crippen molar-refractivity contribution in [3.63, 3.8) is 0 Å². The molecule has 156 valence electrons. The van der Waals surface area contributed by atoms with E-state index in [-0.39, 0.29) is 24.2 Å². The number of aryl methyl sites for hydroxylation is 1. The summed E-state index contributed by atoms with van der Waals surface area (Å²) in [4.78, 5) is 38.7. The lowest BCUT2D eigenvalue weighted by Crippen LogP contribution is -2.40. The zero-order chi connectivity index (χ0) is 21.5. The molecule has 2 aromatic heterocycles. The molecule has 29 heavy (non-hydrogen) atoms. The highest BCUT2D eigenvalue weighted by Crippen LogP contribution is 2.39. The Labute approximate surface area is 160 Å². The largest absolute Gasteiger partial charge is 0.548 e. The fraction of sp³-hybridized carbons (Fsp3) is 0.412. The van der Waals surface area contributed by atoms with Crippen molar-refractivity contribution in [3.8, 4) is 5.75 Å². The van der Waals surface area contributed by atoms with Crippen LogP contribution in [0.2, 0.25) is 0 Å². The normalized spacial score (nSPS) is 16.9. The molecule has 0 aromatic carbocycles. The van der Waals surface area contributed by atoms with E-state index in [1.165, 1.54) is 0 Å². The van der Waals surface area contributed by atoms with Gasteiger partial charge in [-0.15, -0.1) is 0 Å². The molecular formula is C17H15F3N3O6-. The Hall–Kier alpha value is -3.15. The van der Waals surface area contributed by atoms with Crippen LogP contribution in [0.3, 0.4) is 0 Å². The molecule has 1 aliphatic heterocycles. The first-order valence-electron chi connectivity index (χ1n) is 8.42. The van der Waals surface area contributed by atoms with Gasteiger partial charge in [0.2, 0.25) is 0 Å². The highest BCUT2D eigenvalue weighted by Gasteiger charge is 2.39. The number of amides is 1. The van der Waals surface area contributed by atoms with Gasteiger partial charge in [0, 0.05) is 19.6 Å². The number of ether oxygens (including phenoxy) is 1. The SMILES string of the molecule is Cn1c(=O)c(C(=O)NCC(=O)[O-])c(O)c2cc(C3CCOC3)c(C(F)(F)F)nc21. The number of hydrogen-bond acceptors (Lipinski definition) is 7. The monoisotopic (exact) mass is 414 g/mol. The Bertz CT molecular complexity index is 1060. The average Bonchev–Trinajstić information content (AvgIpc) is 3.17. The summed E-state index contributed by atoms with van der Waals surface area (Å²) >= 11 is 0.